The van der Waals surface area contributed by atoms with Crippen LogP contribution in [0.25, 0.3) is 0 Å². The van der Waals surface area contributed by atoms with Crippen molar-refractivity contribution in [3.8, 4) is 0 Å². The Morgan fingerprint density at radius 3 is 2.14 bits per heavy atom. The van der Waals surface area contributed by atoms with Crippen LogP contribution in [0.1, 0.15) is 59.3 Å². The maximum Gasteiger partial charge on any atom is 0.0695 e. The predicted octanol–water partition coefficient (Wildman–Crippen LogP) is 2.73. The summed E-state index contributed by atoms with van der Waals surface area (Å²) in [5, 5.41) is 10.5. The third-order valence-corrected chi connectivity index (χ3v) is 6.68. The van der Waals surface area contributed by atoms with Crippen LogP contribution in [0.2, 0.25) is 0 Å². The van der Waals surface area contributed by atoms with Crippen molar-refractivity contribution in [1.29, 1.82) is 0 Å². The molecule has 21 heavy (non-hydrogen) atoms. The van der Waals surface area contributed by atoms with Gasteiger partial charge in [0.1, 0.15) is 0 Å². The molecule has 122 valence electrons. The number of piperazine rings is 1. The SMILES string of the molecule is CCC(C)(C)C1CCC(O)C(N2CCN(C3CC3)CC2)C1. The summed E-state index contributed by atoms with van der Waals surface area (Å²) in [4.78, 5) is 5.26. The van der Waals surface area contributed by atoms with E-state index in [1.807, 2.05) is 0 Å². The molecule has 0 aromatic heterocycles. The monoisotopic (exact) mass is 294 g/mol. The fourth-order valence-electron chi connectivity index (χ4n) is 4.40. The third-order valence-electron chi connectivity index (χ3n) is 6.68. The Morgan fingerprint density at radius 2 is 1.57 bits per heavy atom. The zero-order valence-electron chi connectivity index (χ0n) is 14.2. The summed E-state index contributed by atoms with van der Waals surface area (Å²) in [6.45, 7) is 11.9. The average Bonchev–Trinajstić information content (AvgIpc) is 3.32. The first-order valence-corrected chi connectivity index (χ1v) is 9.17. The summed E-state index contributed by atoms with van der Waals surface area (Å²) in [6, 6.07) is 1.31. The van der Waals surface area contributed by atoms with Crippen molar-refractivity contribution in [1.82, 2.24) is 9.80 Å². The number of rotatable bonds is 4. The fourth-order valence-corrected chi connectivity index (χ4v) is 4.40. The lowest BCUT2D eigenvalue weighted by Crippen LogP contribution is -2.56. The predicted molar refractivity (Wildman–Crippen MR) is 87.4 cm³/mol. The molecule has 1 heterocycles. The number of nitrogens with zero attached hydrogens (tertiary/aromatic N) is 2. The second kappa shape index (κ2) is 6.17. The normalized spacial score (nSPS) is 36.9. The van der Waals surface area contributed by atoms with Crippen LogP contribution in [0, 0.1) is 11.3 Å². The van der Waals surface area contributed by atoms with Gasteiger partial charge in [-0.1, -0.05) is 27.2 Å². The van der Waals surface area contributed by atoms with Crippen LogP contribution in [-0.4, -0.2) is 59.3 Å². The highest BCUT2D eigenvalue weighted by atomic mass is 16.3. The Bertz CT molecular complexity index is 345. The van der Waals surface area contributed by atoms with E-state index in [1.54, 1.807) is 0 Å². The van der Waals surface area contributed by atoms with Crippen LogP contribution < -0.4 is 0 Å². The van der Waals surface area contributed by atoms with E-state index in [-0.39, 0.29) is 6.10 Å². The van der Waals surface area contributed by atoms with Gasteiger partial charge in [-0.05, 0) is 43.4 Å². The summed E-state index contributed by atoms with van der Waals surface area (Å²) in [5.74, 6) is 0.775. The van der Waals surface area contributed by atoms with Crippen LogP contribution in [0.15, 0.2) is 0 Å². The Hall–Kier alpha value is -0.120. The smallest absolute Gasteiger partial charge is 0.0695 e. The number of aliphatic hydroxyl groups is 1. The molecule has 0 spiro atoms. The molecule has 0 aromatic carbocycles. The number of hydrogen-bond acceptors (Lipinski definition) is 3. The first-order chi connectivity index (χ1) is 10.0. The van der Waals surface area contributed by atoms with Crippen molar-refractivity contribution in [2.75, 3.05) is 26.2 Å². The van der Waals surface area contributed by atoms with Crippen molar-refractivity contribution in [2.24, 2.45) is 11.3 Å². The molecular weight excluding hydrogens is 260 g/mol. The van der Waals surface area contributed by atoms with Crippen LogP contribution in [0.4, 0.5) is 0 Å². The maximum absolute atomic E-state index is 10.5. The van der Waals surface area contributed by atoms with Gasteiger partial charge in [0, 0.05) is 38.3 Å². The van der Waals surface area contributed by atoms with Gasteiger partial charge in [0.15, 0.2) is 0 Å². The molecule has 2 aliphatic carbocycles. The second-order valence-electron chi connectivity index (χ2n) is 8.29. The lowest BCUT2D eigenvalue weighted by atomic mass is 9.67. The first-order valence-electron chi connectivity index (χ1n) is 9.17. The molecule has 2 saturated carbocycles. The highest BCUT2D eigenvalue weighted by Crippen LogP contribution is 2.42. The summed E-state index contributed by atoms with van der Waals surface area (Å²) in [5.41, 5.74) is 0.425. The van der Waals surface area contributed by atoms with Crippen molar-refractivity contribution in [3.05, 3.63) is 0 Å². The molecule has 1 aliphatic heterocycles. The quantitative estimate of drug-likeness (QED) is 0.863. The molecule has 0 amide bonds. The molecule has 3 aliphatic rings. The highest BCUT2D eigenvalue weighted by Gasteiger charge is 2.40. The maximum atomic E-state index is 10.5. The van der Waals surface area contributed by atoms with Gasteiger partial charge in [-0.3, -0.25) is 9.80 Å². The summed E-state index contributed by atoms with van der Waals surface area (Å²) < 4.78 is 0. The second-order valence-corrected chi connectivity index (χ2v) is 8.29. The summed E-state index contributed by atoms with van der Waals surface area (Å²) >= 11 is 0. The van der Waals surface area contributed by atoms with Gasteiger partial charge in [-0.25, -0.2) is 0 Å². The van der Waals surface area contributed by atoms with Crippen LogP contribution in [-0.2, 0) is 0 Å². The van der Waals surface area contributed by atoms with E-state index in [2.05, 4.69) is 30.6 Å². The van der Waals surface area contributed by atoms with Crippen LogP contribution in [0.5, 0.6) is 0 Å². The first kappa shape index (κ1) is 15.8. The molecule has 3 rings (SSSR count). The van der Waals surface area contributed by atoms with E-state index >= 15 is 0 Å². The van der Waals surface area contributed by atoms with Gasteiger partial charge in [0.05, 0.1) is 6.10 Å². The standard InChI is InChI=1S/C18H34N2O/c1-4-18(2,3)14-5-8-17(21)16(13-14)20-11-9-19(10-12-20)15-6-7-15/h14-17,21H,4-13H2,1-3H3. The summed E-state index contributed by atoms with van der Waals surface area (Å²) in [6.07, 6.45) is 7.39. The molecule has 3 unspecified atom stereocenters. The van der Waals surface area contributed by atoms with E-state index in [0.29, 0.717) is 11.5 Å². The van der Waals surface area contributed by atoms with Gasteiger partial charge < -0.3 is 5.11 Å². The van der Waals surface area contributed by atoms with E-state index < -0.39 is 0 Å². The fraction of sp³-hybridized carbons (Fsp3) is 1.00. The minimum Gasteiger partial charge on any atom is -0.391 e. The minimum absolute atomic E-state index is 0.0959. The van der Waals surface area contributed by atoms with Gasteiger partial charge >= 0.3 is 0 Å². The molecule has 3 fully saturated rings. The zero-order chi connectivity index (χ0) is 15.0. The Morgan fingerprint density at radius 1 is 0.952 bits per heavy atom. The topological polar surface area (TPSA) is 26.7 Å². The summed E-state index contributed by atoms with van der Waals surface area (Å²) in [7, 11) is 0. The van der Waals surface area contributed by atoms with Crippen molar-refractivity contribution in [3.63, 3.8) is 0 Å². The average molecular weight is 294 g/mol. The van der Waals surface area contributed by atoms with E-state index in [1.165, 1.54) is 45.2 Å². The van der Waals surface area contributed by atoms with E-state index in [4.69, 9.17) is 0 Å². The van der Waals surface area contributed by atoms with Crippen LogP contribution in [0.3, 0.4) is 0 Å². The molecular formula is C18H34N2O. The zero-order valence-corrected chi connectivity index (χ0v) is 14.2. The molecule has 3 heteroatoms. The third kappa shape index (κ3) is 3.46. The van der Waals surface area contributed by atoms with Gasteiger partial charge in [0.25, 0.3) is 0 Å². The lowest BCUT2D eigenvalue weighted by Gasteiger charge is -2.47. The van der Waals surface area contributed by atoms with Gasteiger partial charge in [-0.15, -0.1) is 0 Å². The molecule has 1 N–H and O–H groups in total. The molecule has 3 atom stereocenters. The molecule has 0 radical (unpaired) electrons. The van der Waals surface area contributed by atoms with Crippen LogP contribution >= 0.6 is 0 Å². The number of aliphatic hydroxyl groups excluding tert-OH is 1. The van der Waals surface area contributed by atoms with Gasteiger partial charge in [0.2, 0.25) is 0 Å². The Balaban J connectivity index is 1.58. The largest absolute Gasteiger partial charge is 0.391 e. The van der Waals surface area contributed by atoms with Crippen molar-refractivity contribution >= 4 is 0 Å². The van der Waals surface area contributed by atoms with Crippen molar-refractivity contribution in [2.45, 2.75) is 77.5 Å². The van der Waals surface area contributed by atoms with Crippen molar-refractivity contribution < 1.29 is 5.11 Å². The Kier molecular flexibility index (Phi) is 4.63. The molecule has 3 nitrogen and oxygen atoms in total. The lowest BCUT2D eigenvalue weighted by molar-refractivity contribution is -0.0367. The number of hydrogen-bond donors (Lipinski definition) is 1. The van der Waals surface area contributed by atoms with E-state index in [9.17, 15) is 5.11 Å². The minimum atomic E-state index is -0.0959. The molecule has 1 saturated heterocycles. The molecule has 0 bridgehead atoms. The Labute approximate surface area is 130 Å². The highest BCUT2D eigenvalue weighted by molar-refractivity contribution is 4.94. The van der Waals surface area contributed by atoms with E-state index in [0.717, 1.165) is 31.5 Å². The molecule has 0 aromatic rings. The van der Waals surface area contributed by atoms with Gasteiger partial charge in [-0.2, -0.15) is 0 Å².